The third-order valence-electron chi connectivity index (χ3n) is 0.994. The third-order valence-corrected chi connectivity index (χ3v) is 0.994. The fraction of sp³-hybridized carbons (Fsp3) is 0.625. The number of aliphatic imine (C=N–C) groups is 1. The number of hydrogen-bond acceptors (Lipinski definition) is 1. The van der Waals surface area contributed by atoms with E-state index in [1.165, 1.54) is 0 Å². The summed E-state index contributed by atoms with van der Waals surface area (Å²) < 4.78 is 0. The molecule has 0 saturated carbocycles. The molecule has 0 aromatic carbocycles. The predicted octanol–water partition coefficient (Wildman–Crippen LogP) is 2.64. The Morgan fingerprint density at radius 1 is 1.44 bits per heavy atom. The van der Waals surface area contributed by atoms with Gasteiger partial charge in [0.15, 0.2) is 0 Å². The van der Waals surface area contributed by atoms with Crippen LogP contribution in [-0.2, 0) is 0 Å². The van der Waals surface area contributed by atoms with Crippen LogP contribution in [0.3, 0.4) is 0 Å². The van der Waals surface area contributed by atoms with Gasteiger partial charge in [0, 0.05) is 11.9 Å². The van der Waals surface area contributed by atoms with Gasteiger partial charge in [-0.1, -0.05) is 19.9 Å². The Morgan fingerprint density at radius 3 is 2.33 bits per heavy atom. The molecule has 9 heavy (non-hydrogen) atoms. The van der Waals surface area contributed by atoms with Crippen LogP contribution in [0.4, 0.5) is 0 Å². The van der Waals surface area contributed by atoms with Crippen LogP contribution in [-0.4, -0.2) is 6.21 Å². The van der Waals surface area contributed by atoms with Gasteiger partial charge in [-0.05, 0) is 19.8 Å². The minimum atomic E-state index is 0.555. The summed E-state index contributed by atoms with van der Waals surface area (Å²) in [4.78, 5) is 4.18. The normalized spacial score (nSPS) is 13.7. The van der Waals surface area contributed by atoms with Crippen molar-refractivity contribution < 1.29 is 0 Å². The quantitative estimate of drug-likeness (QED) is 0.503. The first-order valence-corrected chi connectivity index (χ1v) is 3.34. The molecule has 0 fully saturated rings. The molecule has 0 amide bonds. The van der Waals surface area contributed by atoms with Crippen LogP contribution in [0.25, 0.3) is 0 Å². The smallest absolute Gasteiger partial charge is 0.0326 e. The molecule has 0 bridgehead atoms. The van der Waals surface area contributed by atoms with E-state index in [1.807, 2.05) is 26.1 Å². The summed E-state index contributed by atoms with van der Waals surface area (Å²) in [5, 5.41) is 0. The van der Waals surface area contributed by atoms with Crippen molar-refractivity contribution in [3.63, 3.8) is 0 Å². The van der Waals surface area contributed by atoms with E-state index in [4.69, 9.17) is 0 Å². The molecule has 0 N–H and O–H groups in total. The molecular formula is C8H15N. The van der Waals surface area contributed by atoms with Gasteiger partial charge in [-0.2, -0.15) is 0 Å². The highest BCUT2D eigenvalue weighted by molar-refractivity contribution is 5.60. The van der Waals surface area contributed by atoms with Crippen LogP contribution < -0.4 is 0 Å². The number of nitrogens with zero attached hydrogens (tertiary/aromatic N) is 1. The molecule has 0 aromatic heterocycles. The molecule has 0 heterocycles. The first kappa shape index (κ1) is 8.41. The summed E-state index contributed by atoms with van der Waals surface area (Å²) >= 11 is 0. The van der Waals surface area contributed by atoms with Crippen molar-refractivity contribution in [1.82, 2.24) is 0 Å². The molecule has 0 saturated heterocycles. The summed E-state index contributed by atoms with van der Waals surface area (Å²) in [6.45, 7) is 8.23. The van der Waals surface area contributed by atoms with Crippen molar-refractivity contribution >= 4 is 6.21 Å². The summed E-state index contributed by atoms with van der Waals surface area (Å²) in [5.74, 6) is 0.555. The highest BCUT2D eigenvalue weighted by atomic mass is 14.7. The van der Waals surface area contributed by atoms with Gasteiger partial charge < -0.3 is 0 Å². The number of allylic oxidation sites excluding steroid dienone is 2. The van der Waals surface area contributed by atoms with Gasteiger partial charge >= 0.3 is 0 Å². The predicted molar refractivity (Wildman–Crippen MR) is 42.8 cm³/mol. The average molecular weight is 125 g/mol. The topological polar surface area (TPSA) is 12.4 Å². The summed E-state index contributed by atoms with van der Waals surface area (Å²) in [7, 11) is 0. The van der Waals surface area contributed by atoms with E-state index >= 15 is 0 Å². The van der Waals surface area contributed by atoms with E-state index in [0.717, 1.165) is 5.70 Å². The Bertz CT molecular complexity index is 121. The van der Waals surface area contributed by atoms with Crippen molar-refractivity contribution in [2.75, 3.05) is 0 Å². The lowest BCUT2D eigenvalue weighted by Crippen LogP contribution is -1.86. The molecule has 0 rings (SSSR count). The Morgan fingerprint density at radius 2 is 2.00 bits per heavy atom. The van der Waals surface area contributed by atoms with E-state index < -0.39 is 0 Å². The zero-order chi connectivity index (χ0) is 7.28. The molecule has 0 atom stereocenters. The molecule has 0 aliphatic rings. The number of hydrogen-bond donors (Lipinski definition) is 0. The maximum atomic E-state index is 4.18. The molecule has 0 aliphatic carbocycles. The Balaban J connectivity index is 3.71. The highest BCUT2D eigenvalue weighted by Gasteiger charge is 1.83. The van der Waals surface area contributed by atoms with Crippen molar-refractivity contribution in [3.05, 3.63) is 11.8 Å². The van der Waals surface area contributed by atoms with Crippen LogP contribution in [0.5, 0.6) is 0 Å². The Labute approximate surface area is 57.5 Å². The lowest BCUT2D eigenvalue weighted by Gasteiger charge is -1.92. The first-order valence-electron chi connectivity index (χ1n) is 3.34. The van der Waals surface area contributed by atoms with E-state index in [2.05, 4.69) is 18.8 Å². The van der Waals surface area contributed by atoms with Crippen molar-refractivity contribution in [1.29, 1.82) is 0 Å². The minimum absolute atomic E-state index is 0.555. The van der Waals surface area contributed by atoms with Crippen molar-refractivity contribution in [3.8, 4) is 0 Å². The van der Waals surface area contributed by atoms with Crippen LogP contribution >= 0.6 is 0 Å². The lowest BCUT2D eigenvalue weighted by molar-refractivity contribution is 0.904. The SMILES string of the molecule is C/C=C(C)\N=C/C(C)C. The number of rotatable bonds is 2. The van der Waals surface area contributed by atoms with Gasteiger partial charge in [0.25, 0.3) is 0 Å². The maximum Gasteiger partial charge on any atom is 0.0326 e. The first-order chi connectivity index (χ1) is 4.16. The Hall–Kier alpha value is -0.590. The van der Waals surface area contributed by atoms with E-state index in [-0.39, 0.29) is 0 Å². The molecule has 0 aliphatic heterocycles. The zero-order valence-corrected chi connectivity index (χ0v) is 6.68. The van der Waals surface area contributed by atoms with Gasteiger partial charge in [0.2, 0.25) is 0 Å². The summed E-state index contributed by atoms with van der Waals surface area (Å²) in [6, 6.07) is 0. The highest BCUT2D eigenvalue weighted by Crippen LogP contribution is 1.94. The van der Waals surface area contributed by atoms with Gasteiger partial charge in [0.1, 0.15) is 0 Å². The van der Waals surface area contributed by atoms with E-state index in [0.29, 0.717) is 5.92 Å². The fourth-order valence-corrected chi connectivity index (χ4v) is 0.341. The second kappa shape index (κ2) is 4.30. The zero-order valence-electron chi connectivity index (χ0n) is 6.68. The Kier molecular flexibility index (Phi) is 4.02. The summed E-state index contributed by atoms with van der Waals surface area (Å²) in [5.41, 5.74) is 1.09. The molecule has 0 spiro atoms. The van der Waals surface area contributed by atoms with Gasteiger partial charge in [-0.3, -0.25) is 4.99 Å². The van der Waals surface area contributed by atoms with Crippen molar-refractivity contribution in [2.45, 2.75) is 27.7 Å². The van der Waals surface area contributed by atoms with E-state index in [1.54, 1.807) is 0 Å². The van der Waals surface area contributed by atoms with E-state index in [9.17, 15) is 0 Å². The van der Waals surface area contributed by atoms with Gasteiger partial charge in [0.05, 0.1) is 0 Å². The maximum absolute atomic E-state index is 4.18. The average Bonchev–Trinajstić information content (AvgIpc) is 1.83. The second-order valence-electron chi connectivity index (χ2n) is 2.45. The van der Waals surface area contributed by atoms with Gasteiger partial charge in [-0.15, -0.1) is 0 Å². The molecular weight excluding hydrogens is 110 g/mol. The summed E-state index contributed by atoms with van der Waals surface area (Å²) in [6.07, 6.45) is 3.95. The van der Waals surface area contributed by atoms with Gasteiger partial charge in [-0.25, -0.2) is 0 Å². The molecule has 0 aromatic rings. The van der Waals surface area contributed by atoms with Crippen molar-refractivity contribution in [2.24, 2.45) is 10.9 Å². The second-order valence-corrected chi connectivity index (χ2v) is 2.45. The molecule has 0 unspecified atom stereocenters. The standard InChI is InChI=1S/C8H15N/c1-5-8(4)9-6-7(2)3/h5-7H,1-4H3/b8-5-,9-6-. The van der Waals surface area contributed by atoms with Crippen LogP contribution in [0.15, 0.2) is 16.8 Å². The van der Waals surface area contributed by atoms with Crippen LogP contribution in [0, 0.1) is 5.92 Å². The molecule has 0 radical (unpaired) electrons. The molecule has 52 valence electrons. The largest absolute Gasteiger partial charge is 0.266 e. The lowest BCUT2D eigenvalue weighted by atomic mass is 10.2. The fourth-order valence-electron chi connectivity index (χ4n) is 0.341. The third kappa shape index (κ3) is 5.28. The minimum Gasteiger partial charge on any atom is -0.266 e. The molecule has 1 nitrogen and oxygen atoms in total. The molecule has 1 heteroatoms. The monoisotopic (exact) mass is 125 g/mol. The van der Waals surface area contributed by atoms with Crippen LogP contribution in [0.2, 0.25) is 0 Å². The van der Waals surface area contributed by atoms with Crippen LogP contribution in [0.1, 0.15) is 27.7 Å².